The van der Waals surface area contributed by atoms with E-state index in [4.69, 9.17) is 14.7 Å². The van der Waals surface area contributed by atoms with Crippen molar-refractivity contribution in [2.45, 2.75) is 11.7 Å². The van der Waals surface area contributed by atoms with E-state index < -0.39 is 0 Å². The topological polar surface area (TPSA) is 43.2 Å². The second kappa shape index (κ2) is 7.01. The standard InChI is InChI=1S/C18H19FN4OS/c1-25-18-20-16(22-8-10-24-11-9-22)15-6-7-23(17(15)21-18)12-13-2-4-14(19)5-3-13/h2-7H,8-12H2,1H3. The molecule has 0 saturated carbocycles. The van der Waals surface area contributed by atoms with Crippen molar-refractivity contribution in [3.8, 4) is 0 Å². The third-order valence-electron chi connectivity index (χ3n) is 4.34. The molecule has 1 aliphatic rings. The summed E-state index contributed by atoms with van der Waals surface area (Å²) in [5, 5.41) is 1.80. The Balaban J connectivity index is 1.74. The lowest BCUT2D eigenvalue weighted by molar-refractivity contribution is 0.122. The molecule has 0 bridgehead atoms. The maximum Gasteiger partial charge on any atom is 0.191 e. The summed E-state index contributed by atoms with van der Waals surface area (Å²) in [4.78, 5) is 11.7. The maximum atomic E-state index is 13.1. The van der Waals surface area contributed by atoms with Gasteiger partial charge in [0, 0.05) is 25.8 Å². The molecule has 0 aliphatic carbocycles. The SMILES string of the molecule is CSc1nc(N2CCOCC2)c2ccn(Cc3ccc(F)cc3)c2n1. The van der Waals surface area contributed by atoms with Crippen molar-refractivity contribution in [3.05, 3.63) is 47.9 Å². The number of hydrogen-bond acceptors (Lipinski definition) is 5. The minimum atomic E-state index is -0.220. The molecule has 5 nitrogen and oxygen atoms in total. The van der Waals surface area contributed by atoms with Gasteiger partial charge in [0.15, 0.2) is 5.16 Å². The lowest BCUT2D eigenvalue weighted by Crippen LogP contribution is -2.37. The van der Waals surface area contributed by atoms with Gasteiger partial charge in [-0.05, 0) is 30.0 Å². The normalized spacial score (nSPS) is 15.0. The van der Waals surface area contributed by atoms with E-state index in [1.807, 2.05) is 12.5 Å². The Kier molecular flexibility index (Phi) is 4.59. The van der Waals surface area contributed by atoms with Crippen LogP contribution in [0.1, 0.15) is 5.56 Å². The maximum absolute atomic E-state index is 13.1. The number of fused-ring (bicyclic) bond motifs is 1. The predicted molar refractivity (Wildman–Crippen MR) is 97.8 cm³/mol. The highest BCUT2D eigenvalue weighted by Crippen LogP contribution is 2.28. The van der Waals surface area contributed by atoms with Crippen LogP contribution >= 0.6 is 11.8 Å². The Hall–Kier alpha value is -2.12. The summed E-state index contributed by atoms with van der Waals surface area (Å²) >= 11 is 1.54. The van der Waals surface area contributed by atoms with Gasteiger partial charge in [0.25, 0.3) is 0 Å². The fraction of sp³-hybridized carbons (Fsp3) is 0.333. The Morgan fingerprint density at radius 2 is 1.88 bits per heavy atom. The van der Waals surface area contributed by atoms with Gasteiger partial charge in [0.05, 0.1) is 18.6 Å². The summed E-state index contributed by atoms with van der Waals surface area (Å²) < 4.78 is 20.7. The zero-order valence-electron chi connectivity index (χ0n) is 14.0. The molecule has 0 unspecified atom stereocenters. The first-order valence-corrected chi connectivity index (χ1v) is 9.45. The highest BCUT2D eigenvalue weighted by Gasteiger charge is 2.19. The van der Waals surface area contributed by atoms with Crippen LogP contribution in [0.4, 0.5) is 10.2 Å². The first-order chi connectivity index (χ1) is 12.2. The monoisotopic (exact) mass is 358 g/mol. The Labute approximate surface area is 149 Å². The molecule has 0 atom stereocenters. The van der Waals surface area contributed by atoms with E-state index in [0.29, 0.717) is 6.54 Å². The number of benzene rings is 1. The molecule has 1 aliphatic heterocycles. The molecular formula is C18H19FN4OS. The van der Waals surface area contributed by atoms with Crippen molar-refractivity contribution in [2.24, 2.45) is 0 Å². The van der Waals surface area contributed by atoms with Crippen LogP contribution in [0.5, 0.6) is 0 Å². The average molecular weight is 358 g/mol. The number of ether oxygens (including phenoxy) is 1. The molecule has 0 N–H and O–H groups in total. The lowest BCUT2D eigenvalue weighted by Gasteiger charge is -2.28. The second-order valence-electron chi connectivity index (χ2n) is 5.94. The highest BCUT2D eigenvalue weighted by atomic mass is 32.2. The zero-order chi connectivity index (χ0) is 17.2. The Morgan fingerprint density at radius 3 is 2.60 bits per heavy atom. The van der Waals surface area contributed by atoms with Gasteiger partial charge < -0.3 is 14.2 Å². The average Bonchev–Trinajstić information content (AvgIpc) is 3.06. The van der Waals surface area contributed by atoms with Gasteiger partial charge in [0.2, 0.25) is 0 Å². The molecular weight excluding hydrogens is 339 g/mol. The smallest absolute Gasteiger partial charge is 0.191 e. The highest BCUT2D eigenvalue weighted by molar-refractivity contribution is 7.98. The van der Waals surface area contributed by atoms with Crippen LogP contribution in [0.15, 0.2) is 41.7 Å². The van der Waals surface area contributed by atoms with Crippen LogP contribution in [0.25, 0.3) is 11.0 Å². The number of aromatic nitrogens is 3. The molecule has 7 heteroatoms. The summed E-state index contributed by atoms with van der Waals surface area (Å²) in [5.41, 5.74) is 1.95. The van der Waals surface area contributed by atoms with E-state index in [2.05, 4.69) is 15.5 Å². The minimum absolute atomic E-state index is 0.220. The number of rotatable bonds is 4. The molecule has 130 valence electrons. The van der Waals surface area contributed by atoms with Crippen LogP contribution in [0.2, 0.25) is 0 Å². The van der Waals surface area contributed by atoms with Crippen LogP contribution in [0, 0.1) is 5.82 Å². The predicted octanol–water partition coefficient (Wildman–Crippen LogP) is 3.18. The summed E-state index contributed by atoms with van der Waals surface area (Å²) in [7, 11) is 0. The molecule has 0 spiro atoms. The molecule has 3 heterocycles. The minimum Gasteiger partial charge on any atom is -0.378 e. The van der Waals surface area contributed by atoms with Gasteiger partial charge in [-0.2, -0.15) is 0 Å². The van der Waals surface area contributed by atoms with Gasteiger partial charge in [-0.1, -0.05) is 23.9 Å². The largest absolute Gasteiger partial charge is 0.378 e. The molecule has 1 fully saturated rings. The van der Waals surface area contributed by atoms with E-state index in [9.17, 15) is 4.39 Å². The van der Waals surface area contributed by atoms with E-state index in [1.54, 1.807) is 12.1 Å². The van der Waals surface area contributed by atoms with Gasteiger partial charge in [-0.3, -0.25) is 0 Å². The fourth-order valence-corrected chi connectivity index (χ4v) is 3.41. The van der Waals surface area contributed by atoms with Crippen molar-refractivity contribution in [2.75, 3.05) is 37.5 Å². The molecule has 4 rings (SSSR count). The van der Waals surface area contributed by atoms with Crippen molar-refractivity contribution in [3.63, 3.8) is 0 Å². The zero-order valence-corrected chi connectivity index (χ0v) is 14.8. The summed E-state index contributed by atoms with van der Waals surface area (Å²) in [5.74, 6) is 0.748. The molecule has 1 aromatic carbocycles. The summed E-state index contributed by atoms with van der Waals surface area (Å²) in [6.07, 6.45) is 4.01. The number of hydrogen-bond donors (Lipinski definition) is 0. The number of anilines is 1. The van der Waals surface area contributed by atoms with Crippen molar-refractivity contribution >= 4 is 28.6 Å². The Morgan fingerprint density at radius 1 is 1.12 bits per heavy atom. The van der Waals surface area contributed by atoms with Gasteiger partial charge >= 0.3 is 0 Å². The van der Waals surface area contributed by atoms with Crippen molar-refractivity contribution in [1.29, 1.82) is 0 Å². The van der Waals surface area contributed by atoms with E-state index in [-0.39, 0.29) is 5.82 Å². The molecule has 3 aromatic rings. The third-order valence-corrected chi connectivity index (χ3v) is 4.89. The molecule has 0 amide bonds. The molecule has 25 heavy (non-hydrogen) atoms. The number of morpholine rings is 1. The number of thioether (sulfide) groups is 1. The van der Waals surface area contributed by atoms with E-state index >= 15 is 0 Å². The molecule has 1 saturated heterocycles. The van der Waals surface area contributed by atoms with Crippen LogP contribution in [0.3, 0.4) is 0 Å². The van der Waals surface area contributed by atoms with Gasteiger partial charge in [-0.25, -0.2) is 14.4 Å². The van der Waals surface area contributed by atoms with Crippen LogP contribution in [-0.4, -0.2) is 47.1 Å². The molecule has 2 aromatic heterocycles. The Bertz CT molecular complexity index is 875. The van der Waals surface area contributed by atoms with Crippen LogP contribution < -0.4 is 4.90 Å². The first kappa shape index (κ1) is 16.4. The van der Waals surface area contributed by atoms with E-state index in [1.165, 1.54) is 23.9 Å². The van der Waals surface area contributed by atoms with Crippen molar-refractivity contribution < 1.29 is 9.13 Å². The van der Waals surface area contributed by atoms with E-state index in [0.717, 1.165) is 53.9 Å². The fourth-order valence-electron chi connectivity index (χ4n) is 3.05. The van der Waals surface area contributed by atoms with Crippen molar-refractivity contribution in [1.82, 2.24) is 14.5 Å². The van der Waals surface area contributed by atoms with Gasteiger partial charge in [-0.15, -0.1) is 0 Å². The molecule has 0 radical (unpaired) electrons. The number of halogens is 1. The summed E-state index contributed by atoms with van der Waals surface area (Å²) in [6, 6.07) is 8.65. The first-order valence-electron chi connectivity index (χ1n) is 8.22. The third kappa shape index (κ3) is 3.34. The van der Waals surface area contributed by atoms with Gasteiger partial charge in [0.1, 0.15) is 17.3 Å². The number of nitrogens with zero attached hydrogens (tertiary/aromatic N) is 4. The lowest BCUT2D eigenvalue weighted by atomic mass is 10.2. The van der Waals surface area contributed by atoms with Crippen LogP contribution in [-0.2, 0) is 11.3 Å². The summed E-state index contributed by atoms with van der Waals surface area (Å²) in [6.45, 7) is 3.76. The second-order valence-corrected chi connectivity index (χ2v) is 6.71. The quantitative estimate of drug-likeness (QED) is 0.529.